The molecule has 3 aromatic rings. The Balaban J connectivity index is 1.77. The lowest BCUT2D eigenvalue weighted by atomic mass is 10.1. The highest BCUT2D eigenvalue weighted by molar-refractivity contribution is 5.95. The number of carbonyl (C=O) groups excluding carboxylic acids is 1. The number of hydrogen-bond acceptors (Lipinski definition) is 7. The molecular weight excluding hydrogens is 418 g/mol. The first-order valence-corrected chi connectivity index (χ1v) is 10.6. The van der Waals surface area contributed by atoms with Gasteiger partial charge in [0.2, 0.25) is 11.7 Å². The second kappa shape index (κ2) is 8.38. The van der Waals surface area contributed by atoms with Gasteiger partial charge in [0.1, 0.15) is 5.82 Å². The summed E-state index contributed by atoms with van der Waals surface area (Å²) in [5.74, 6) is -2.76. The number of pyridine rings is 1. The molecule has 0 atom stereocenters. The molecule has 0 spiro atoms. The Morgan fingerprint density at radius 2 is 2.00 bits per heavy atom. The molecule has 9 nitrogen and oxygen atoms in total. The van der Waals surface area contributed by atoms with Crippen LogP contribution in [0.5, 0.6) is 0 Å². The number of anilines is 2. The predicted octanol–water partition coefficient (Wildman–Crippen LogP) is 2.81. The topological polar surface area (TPSA) is 92.1 Å². The van der Waals surface area contributed by atoms with E-state index in [0.717, 1.165) is 38.5 Å². The van der Waals surface area contributed by atoms with E-state index in [2.05, 4.69) is 43.9 Å². The van der Waals surface area contributed by atoms with Crippen molar-refractivity contribution < 1.29 is 13.6 Å². The summed E-state index contributed by atoms with van der Waals surface area (Å²) >= 11 is 0. The zero-order chi connectivity index (χ0) is 23.0. The third-order valence-electron chi connectivity index (χ3n) is 5.59. The van der Waals surface area contributed by atoms with E-state index in [1.165, 1.54) is 23.9 Å². The molecular formula is C21H26F2N8O. The Kier molecular flexibility index (Phi) is 5.76. The van der Waals surface area contributed by atoms with Gasteiger partial charge in [0.05, 0.1) is 10.9 Å². The van der Waals surface area contributed by atoms with Gasteiger partial charge in [-0.1, -0.05) is 13.8 Å². The molecule has 1 amide bonds. The molecule has 0 bridgehead atoms. The fraction of sp³-hybridized carbons (Fsp3) is 0.476. The molecule has 3 aromatic heterocycles. The molecule has 4 heterocycles. The highest BCUT2D eigenvalue weighted by Gasteiger charge is 2.34. The van der Waals surface area contributed by atoms with Crippen molar-refractivity contribution >= 4 is 28.4 Å². The van der Waals surface area contributed by atoms with Crippen LogP contribution in [0.15, 0.2) is 24.5 Å². The van der Waals surface area contributed by atoms with E-state index in [1.807, 2.05) is 0 Å². The Morgan fingerprint density at radius 1 is 1.28 bits per heavy atom. The minimum Gasteiger partial charge on any atom is -0.351 e. The largest absolute Gasteiger partial charge is 0.351 e. The third kappa shape index (κ3) is 4.12. The van der Waals surface area contributed by atoms with E-state index in [1.54, 1.807) is 12.3 Å². The Morgan fingerprint density at radius 3 is 2.62 bits per heavy atom. The van der Waals surface area contributed by atoms with Crippen LogP contribution in [0, 0.1) is 0 Å². The lowest BCUT2D eigenvalue weighted by Crippen LogP contribution is -2.59. The molecule has 0 aliphatic carbocycles. The van der Waals surface area contributed by atoms with Crippen LogP contribution in [-0.4, -0.2) is 67.8 Å². The fourth-order valence-electron chi connectivity index (χ4n) is 3.93. The van der Waals surface area contributed by atoms with Crippen LogP contribution < -0.4 is 10.2 Å². The number of hydrogen-bond donors (Lipinski definition) is 1. The van der Waals surface area contributed by atoms with E-state index in [-0.39, 0.29) is 11.7 Å². The molecule has 1 fully saturated rings. The number of amides is 1. The van der Waals surface area contributed by atoms with E-state index in [4.69, 9.17) is 5.10 Å². The molecule has 1 saturated heterocycles. The number of nitrogens with zero attached hydrogens (tertiary/aromatic N) is 7. The molecule has 0 saturated carbocycles. The number of fused-ring (bicyclic) bond motifs is 1. The van der Waals surface area contributed by atoms with E-state index >= 15 is 0 Å². The van der Waals surface area contributed by atoms with Gasteiger partial charge in [0.15, 0.2) is 11.6 Å². The lowest BCUT2D eigenvalue weighted by molar-refractivity contribution is -0.114. The molecule has 1 aliphatic heterocycles. The van der Waals surface area contributed by atoms with Crippen LogP contribution in [0.1, 0.15) is 33.5 Å². The van der Waals surface area contributed by atoms with Crippen molar-refractivity contribution in [2.24, 2.45) is 0 Å². The molecule has 0 aromatic carbocycles. The first kappa shape index (κ1) is 22.0. The van der Waals surface area contributed by atoms with E-state index < -0.39 is 11.7 Å². The summed E-state index contributed by atoms with van der Waals surface area (Å²) in [4.78, 5) is 28.1. The van der Waals surface area contributed by atoms with Gasteiger partial charge >= 0.3 is 5.92 Å². The molecule has 11 heteroatoms. The molecule has 4 rings (SSSR count). The van der Waals surface area contributed by atoms with Crippen LogP contribution in [0.2, 0.25) is 0 Å². The van der Waals surface area contributed by atoms with Gasteiger partial charge in [-0.15, -0.1) is 5.10 Å². The lowest BCUT2D eigenvalue weighted by Gasteiger charge is -2.45. The highest BCUT2D eigenvalue weighted by atomic mass is 19.3. The monoisotopic (exact) mass is 444 g/mol. The maximum absolute atomic E-state index is 13.8. The summed E-state index contributed by atoms with van der Waals surface area (Å²) in [5, 5.41) is 8.11. The Hall–Kier alpha value is -3.21. The van der Waals surface area contributed by atoms with Gasteiger partial charge in [-0.2, -0.15) is 8.78 Å². The average Bonchev–Trinajstić information content (AvgIpc) is 3.07. The van der Waals surface area contributed by atoms with Crippen LogP contribution in [0.4, 0.5) is 20.4 Å². The summed E-state index contributed by atoms with van der Waals surface area (Å²) in [7, 11) is 0. The van der Waals surface area contributed by atoms with Crippen molar-refractivity contribution in [2.45, 2.75) is 39.7 Å². The maximum Gasteiger partial charge on any atom is 0.303 e. The number of carbonyl (C=O) groups is 1. The first-order chi connectivity index (χ1) is 15.2. The number of halogens is 2. The van der Waals surface area contributed by atoms with Gasteiger partial charge < -0.3 is 10.2 Å². The van der Waals surface area contributed by atoms with Crippen LogP contribution in [0.25, 0.3) is 16.7 Å². The number of aromatic nitrogens is 5. The van der Waals surface area contributed by atoms with Crippen molar-refractivity contribution in [1.29, 1.82) is 0 Å². The Labute approximate surface area is 184 Å². The molecule has 0 unspecified atom stereocenters. The first-order valence-electron chi connectivity index (χ1n) is 10.6. The van der Waals surface area contributed by atoms with Gasteiger partial charge in [-0.3, -0.25) is 9.69 Å². The number of nitrogens with one attached hydrogen (secondary N) is 1. The number of likely N-dealkylation sites (N-methyl/N-ethyl adjacent to an activating group) is 1. The molecule has 1 aliphatic rings. The predicted molar refractivity (Wildman–Crippen MR) is 117 cm³/mol. The van der Waals surface area contributed by atoms with Crippen LogP contribution in [-0.2, 0) is 10.7 Å². The second-order valence-electron chi connectivity index (χ2n) is 7.91. The second-order valence-corrected chi connectivity index (χ2v) is 7.91. The van der Waals surface area contributed by atoms with Crippen molar-refractivity contribution in [3.63, 3.8) is 0 Å². The summed E-state index contributed by atoms with van der Waals surface area (Å²) < 4.78 is 29.2. The fourth-order valence-corrected chi connectivity index (χ4v) is 3.93. The van der Waals surface area contributed by atoms with Crippen molar-refractivity contribution in [3.05, 3.63) is 30.4 Å². The standard InChI is InChI=1S/C21H26F2N8O/c1-5-29(6-2)14-11-30(12-14)19-15-10-25-17(26-13(3)32)9-16(15)31(28-19)18-7-8-24-20(27-18)21(4,22)23/h7-10,14H,5-6,11-12H2,1-4H3,(H,25,26,32). The van der Waals surface area contributed by atoms with Crippen molar-refractivity contribution in [1.82, 2.24) is 29.6 Å². The van der Waals surface area contributed by atoms with Gasteiger partial charge in [0.25, 0.3) is 0 Å². The Bertz CT molecular complexity index is 1130. The number of alkyl halides is 2. The van der Waals surface area contributed by atoms with Crippen molar-refractivity contribution in [2.75, 3.05) is 36.4 Å². The SMILES string of the molecule is CCN(CC)C1CN(c2nn(-c3ccnc(C(C)(F)F)n3)c3cc(NC(C)=O)ncc23)C1. The zero-order valence-electron chi connectivity index (χ0n) is 18.5. The van der Waals surface area contributed by atoms with Crippen molar-refractivity contribution in [3.8, 4) is 5.82 Å². The van der Waals surface area contributed by atoms with E-state index in [9.17, 15) is 13.6 Å². The molecule has 170 valence electrons. The maximum atomic E-state index is 13.8. The third-order valence-corrected chi connectivity index (χ3v) is 5.59. The van der Waals surface area contributed by atoms with E-state index in [0.29, 0.717) is 23.2 Å². The molecule has 1 N–H and O–H groups in total. The minimum atomic E-state index is -3.18. The normalized spacial score (nSPS) is 14.8. The highest BCUT2D eigenvalue weighted by Crippen LogP contribution is 2.33. The molecule has 0 radical (unpaired) electrons. The summed E-state index contributed by atoms with van der Waals surface area (Å²) in [5.41, 5.74) is 0.606. The smallest absolute Gasteiger partial charge is 0.303 e. The number of rotatable bonds is 7. The zero-order valence-corrected chi connectivity index (χ0v) is 18.5. The average molecular weight is 444 g/mol. The quantitative estimate of drug-likeness (QED) is 0.599. The molecule has 32 heavy (non-hydrogen) atoms. The van der Waals surface area contributed by atoms with Gasteiger partial charge in [-0.05, 0) is 13.1 Å². The minimum absolute atomic E-state index is 0.216. The van der Waals surface area contributed by atoms with Gasteiger partial charge in [0, 0.05) is 57.5 Å². The summed E-state index contributed by atoms with van der Waals surface area (Å²) in [6.07, 6.45) is 2.93. The van der Waals surface area contributed by atoms with Crippen LogP contribution in [0.3, 0.4) is 0 Å². The summed E-state index contributed by atoms with van der Waals surface area (Å²) in [6, 6.07) is 3.63. The van der Waals surface area contributed by atoms with Crippen LogP contribution >= 0.6 is 0 Å². The summed E-state index contributed by atoms with van der Waals surface area (Å²) in [6.45, 7) is 9.99. The van der Waals surface area contributed by atoms with Gasteiger partial charge in [-0.25, -0.2) is 19.6 Å².